The predicted molar refractivity (Wildman–Crippen MR) is 53.0 cm³/mol. The van der Waals surface area contributed by atoms with Gasteiger partial charge in [-0.05, 0) is 26.7 Å². The van der Waals surface area contributed by atoms with Gasteiger partial charge in [-0.3, -0.25) is 4.79 Å². The van der Waals surface area contributed by atoms with Crippen LogP contribution in [0.15, 0.2) is 0 Å². The monoisotopic (exact) mass is 201 g/mol. The Morgan fingerprint density at radius 3 is 2.93 bits per heavy atom. The van der Waals surface area contributed by atoms with E-state index in [2.05, 4.69) is 17.0 Å². The smallest absolute Gasteiger partial charge is 0.322 e. The average molecular weight is 201 g/mol. The van der Waals surface area contributed by atoms with Crippen LogP contribution in [-0.4, -0.2) is 37.9 Å². The number of hydrogen-bond donors (Lipinski definition) is 1. The number of carbonyl (C=O) groups excluding carboxylic acids is 1. The number of carbonyl (C=O) groups is 1. The maximum Gasteiger partial charge on any atom is 0.322 e. The molecule has 0 aliphatic carbocycles. The zero-order chi connectivity index (χ0) is 10.6. The van der Waals surface area contributed by atoms with Crippen molar-refractivity contribution in [3.63, 3.8) is 0 Å². The van der Waals surface area contributed by atoms with Gasteiger partial charge in [0.2, 0.25) is 0 Å². The molecule has 1 heterocycles. The summed E-state index contributed by atoms with van der Waals surface area (Å²) < 4.78 is 10.1. The Balaban J connectivity index is 2.32. The van der Waals surface area contributed by atoms with Crippen molar-refractivity contribution in [1.82, 2.24) is 5.32 Å². The van der Waals surface area contributed by atoms with Gasteiger partial charge in [0.1, 0.15) is 6.04 Å². The molecule has 0 aromatic heterocycles. The summed E-state index contributed by atoms with van der Waals surface area (Å²) in [7, 11) is 1.41. The highest BCUT2D eigenvalue weighted by atomic mass is 16.5. The molecule has 82 valence electrons. The lowest BCUT2D eigenvalue weighted by atomic mass is 10.0. The van der Waals surface area contributed by atoms with Crippen LogP contribution in [0, 0.1) is 0 Å². The van der Waals surface area contributed by atoms with Crippen LogP contribution in [0.4, 0.5) is 0 Å². The van der Waals surface area contributed by atoms with Gasteiger partial charge in [0.25, 0.3) is 0 Å². The van der Waals surface area contributed by atoms with Crippen LogP contribution in [0.3, 0.4) is 0 Å². The molecule has 1 saturated heterocycles. The maximum absolute atomic E-state index is 11.2. The third-order valence-corrected chi connectivity index (χ3v) is 2.53. The molecule has 1 rings (SSSR count). The molecule has 1 aliphatic heterocycles. The van der Waals surface area contributed by atoms with Crippen LogP contribution in [0.2, 0.25) is 0 Å². The van der Waals surface area contributed by atoms with Crippen LogP contribution >= 0.6 is 0 Å². The van der Waals surface area contributed by atoms with E-state index in [4.69, 9.17) is 4.74 Å². The van der Waals surface area contributed by atoms with E-state index in [9.17, 15) is 4.79 Å². The Hall–Kier alpha value is -0.610. The maximum atomic E-state index is 11.2. The summed E-state index contributed by atoms with van der Waals surface area (Å²) in [5.41, 5.74) is 0. The van der Waals surface area contributed by atoms with Crippen molar-refractivity contribution in [3.8, 4) is 0 Å². The highest BCUT2D eigenvalue weighted by Crippen LogP contribution is 2.13. The SMILES string of the molecule is COC(=O)C(C)NC1CCOC(C)C1. The number of methoxy groups -OCH3 is 1. The Morgan fingerprint density at radius 1 is 1.64 bits per heavy atom. The molecule has 3 atom stereocenters. The first-order chi connectivity index (χ1) is 6.63. The molecule has 0 bridgehead atoms. The molecule has 0 aromatic rings. The minimum atomic E-state index is -0.227. The average Bonchev–Trinajstić information content (AvgIpc) is 2.16. The van der Waals surface area contributed by atoms with Crippen LogP contribution < -0.4 is 5.32 Å². The number of ether oxygens (including phenoxy) is 2. The molecule has 0 radical (unpaired) electrons. The molecule has 0 amide bonds. The van der Waals surface area contributed by atoms with Gasteiger partial charge in [-0.15, -0.1) is 0 Å². The van der Waals surface area contributed by atoms with E-state index in [1.807, 2.05) is 6.92 Å². The summed E-state index contributed by atoms with van der Waals surface area (Å²) in [5.74, 6) is -0.204. The molecule has 14 heavy (non-hydrogen) atoms. The molecule has 4 nitrogen and oxygen atoms in total. The van der Waals surface area contributed by atoms with Crippen LogP contribution in [0.5, 0.6) is 0 Å². The first-order valence-corrected chi connectivity index (χ1v) is 5.09. The van der Waals surface area contributed by atoms with Gasteiger partial charge in [0.05, 0.1) is 13.2 Å². The highest BCUT2D eigenvalue weighted by molar-refractivity contribution is 5.75. The lowest BCUT2D eigenvalue weighted by Crippen LogP contribution is -2.45. The highest BCUT2D eigenvalue weighted by Gasteiger charge is 2.23. The number of hydrogen-bond acceptors (Lipinski definition) is 4. The van der Waals surface area contributed by atoms with Crippen molar-refractivity contribution >= 4 is 5.97 Å². The number of rotatable bonds is 3. The van der Waals surface area contributed by atoms with E-state index in [0.29, 0.717) is 6.04 Å². The summed E-state index contributed by atoms with van der Waals surface area (Å²) in [4.78, 5) is 11.2. The van der Waals surface area contributed by atoms with Crippen molar-refractivity contribution in [2.24, 2.45) is 0 Å². The molecule has 0 saturated carbocycles. The quantitative estimate of drug-likeness (QED) is 0.683. The van der Waals surface area contributed by atoms with Gasteiger partial charge in [0.15, 0.2) is 0 Å². The fourth-order valence-corrected chi connectivity index (χ4v) is 1.75. The van der Waals surface area contributed by atoms with Gasteiger partial charge in [-0.1, -0.05) is 0 Å². The molecule has 1 N–H and O–H groups in total. The fraction of sp³-hybridized carbons (Fsp3) is 0.900. The summed E-state index contributed by atoms with van der Waals surface area (Å²) in [6, 6.07) is 0.142. The van der Waals surface area contributed by atoms with Crippen LogP contribution in [-0.2, 0) is 14.3 Å². The third-order valence-electron chi connectivity index (χ3n) is 2.53. The summed E-state index contributed by atoms with van der Waals surface area (Å²) in [6.07, 6.45) is 2.21. The zero-order valence-corrected chi connectivity index (χ0v) is 9.08. The fourth-order valence-electron chi connectivity index (χ4n) is 1.75. The summed E-state index contributed by atoms with van der Waals surface area (Å²) >= 11 is 0. The van der Waals surface area contributed by atoms with Crippen molar-refractivity contribution < 1.29 is 14.3 Å². The van der Waals surface area contributed by atoms with E-state index in [1.54, 1.807) is 0 Å². The standard InChI is InChI=1S/C10H19NO3/c1-7-6-9(4-5-14-7)11-8(2)10(12)13-3/h7-9,11H,4-6H2,1-3H3. The van der Waals surface area contributed by atoms with E-state index >= 15 is 0 Å². The summed E-state index contributed by atoms with van der Waals surface area (Å²) in [5, 5.41) is 3.25. The molecule has 1 aliphatic rings. The topological polar surface area (TPSA) is 47.6 Å². The first-order valence-electron chi connectivity index (χ1n) is 5.09. The van der Waals surface area contributed by atoms with E-state index in [-0.39, 0.29) is 18.1 Å². The Bertz CT molecular complexity index is 196. The molecule has 3 unspecified atom stereocenters. The normalized spacial score (nSPS) is 29.6. The van der Waals surface area contributed by atoms with Crippen LogP contribution in [0.25, 0.3) is 0 Å². The lowest BCUT2D eigenvalue weighted by Gasteiger charge is -2.29. The summed E-state index contributed by atoms with van der Waals surface area (Å²) in [6.45, 7) is 4.65. The van der Waals surface area contributed by atoms with Gasteiger partial charge < -0.3 is 14.8 Å². The third kappa shape index (κ3) is 3.27. The van der Waals surface area contributed by atoms with Crippen molar-refractivity contribution in [3.05, 3.63) is 0 Å². The Labute approximate surface area is 85.0 Å². The number of nitrogens with one attached hydrogen (secondary N) is 1. The minimum absolute atomic E-state index is 0.204. The predicted octanol–water partition coefficient (Wildman–Crippen LogP) is 0.705. The first kappa shape index (κ1) is 11.5. The van der Waals surface area contributed by atoms with Crippen molar-refractivity contribution in [2.75, 3.05) is 13.7 Å². The Morgan fingerprint density at radius 2 is 2.36 bits per heavy atom. The number of esters is 1. The van der Waals surface area contributed by atoms with E-state index < -0.39 is 0 Å². The Kier molecular flexibility index (Phi) is 4.35. The van der Waals surface area contributed by atoms with Crippen molar-refractivity contribution in [1.29, 1.82) is 0 Å². The molecule has 1 fully saturated rings. The molecular formula is C10H19NO3. The largest absolute Gasteiger partial charge is 0.468 e. The van der Waals surface area contributed by atoms with E-state index in [0.717, 1.165) is 19.4 Å². The van der Waals surface area contributed by atoms with Gasteiger partial charge in [-0.2, -0.15) is 0 Å². The van der Waals surface area contributed by atoms with Crippen LogP contribution in [0.1, 0.15) is 26.7 Å². The second kappa shape index (κ2) is 5.32. The molecule has 4 heteroatoms. The zero-order valence-electron chi connectivity index (χ0n) is 9.08. The molecule has 0 spiro atoms. The van der Waals surface area contributed by atoms with Gasteiger partial charge >= 0.3 is 5.97 Å². The van der Waals surface area contributed by atoms with Gasteiger partial charge in [-0.25, -0.2) is 0 Å². The minimum Gasteiger partial charge on any atom is -0.468 e. The lowest BCUT2D eigenvalue weighted by molar-refractivity contribution is -0.143. The van der Waals surface area contributed by atoms with E-state index in [1.165, 1.54) is 7.11 Å². The molecular weight excluding hydrogens is 182 g/mol. The van der Waals surface area contributed by atoms with Gasteiger partial charge in [0, 0.05) is 12.6 Å². The molecule has 0 aromatic carbocycles. The van der Waals surface area contributed by atoms with Crippen molar-refractivity contribution in [2.45, 2.75) is 44.9 Å². The second-order valence-corrected chi connectivity index (χ2v) is 3.81. The second-order valence-electron chi connectivity index (χ2n) is 3.81.